The second-order valence-electron chi connectivity index (χ2n) is 10.4. The van der Waals surface area contributed by atoms with Crippen molar-refractivity contribution in [2.45, 2.75) is 67.9 Å². The number of hydrogen-bond donors (Lipinski definition) is 3. The van der Waals surface area contributed by atoms with Crippen LogP contribution in [0, 0.1) is 11.7 Å². The number of fused-ring (bicyclic) bond motifs is 2. The maximum absolute atomic E-state index is 14.0. The zero-order chi connectivity index (χ0) is 29.3. The van der Waals surface area contributed by atoms with Gasteiger partial charge in [-0.3, -0.25) is 18.7 Å². The number of amides is 4. The summed E-state index contributed by atoms with van der Waals surface area (Å²) in [6.45, 7) is -0.0353. The van der Waals surface area contributed by atoms with Crippen molar-refractivity contribution in [2.24, 2.45) is 17.4 Å². The number of halogens is 1. The van der Waals surface area contributed by atoms with Crippen LogP contribution in [0.3, 0.4) is 0 Å². The van der Waals surface area contributed by atoms with E-state index in [2.05, 4.69) is 5.32 Å². The molecule has 4 atom stereocenters. The summed E-state index contributed by atoms with van der Waals surface area (Å²) in [4.78, 5) is 51.2. The number of sulfonamides is 1. The van der Waals surface area contributed by atoms with Crippen molar-refractivity contribution in [1.82, 2.24) is 10.2 Å². The molecule has 12 nitrogen and oxygen atoms in total. The lowest BCUT2D eigenvalue weighted by Gasteiger charge is -2.37. The van der Waals surface area contributed by atoms with E-state index in [9.17, 15) is 32.0 Å². The molecule has 2 fully saturated rings. The maximum Gasteiger partial charge on any atom is 0.405 e. The fraction of sp³-hybridized carbons (Fsp3) is 0.538. The molecule has 0 aromatic heterocycles. The van der Waals surface area contributed by atoms with Gasteiger partial charge in [-0.25, -0.2) is 17.6 Å². The number of benzene rings is 1. The van der Waals surface area contributed by atoms with Gasteiger partial charge in [0.15, 0.2) is 11.0 Å². The van der Waals surface area contributed by atoms with E-state index < -0.39 is 62.1 Å². The van der Waals surface area contributed by atoms with Gasteiger partial charge in [0, 0.05) is 19.5 Å². The molecule has 5 N–H and O–H groups in total. The Bertz CT molecular complexity index is 1320. The lowest BCUT2D eigenvalue weighted by atomic mass is 9.92. The second kappa shape index (κ2) is 11.1. The number of ether oxygens (including phenoxy) is 1. The summed E-state index contributed by atoms with van der Waals surface area (Å²) < 4.78 is 47.5. The molecule has 2 heterocycles. The molecule has 2 aliphatic heterocycles. The molecule has 40 heavy (non-hydrogen) atoms. The molecule has 0 bridgehead atoms. The van der Waals surface area contributed by atoms with E-state index in [1.807, 2.05) is 6.08 Å². The number of nitrogens with two attached hydrogens (primary N) is 2. The highest BCUT2D eigenvalue weighted by molar-refractivity contribution is 7.94. The van der Waals surface area contributed by atoms with E-state index in [1.54, 1.807) is 6.08 Å². The van der Waals surface area contributed by atoms with Crippen LogP contribution in [0.15, 0.2) is 36.4 Å². The summed E-state index contributed by atoms with van der Waals surface area (Å²) >= 11 is 0. The van der Waals surface area contributed by atoms with Crippen molar-refractivity contribution in [3.8, 4) is 0 Å². The predicted molar refractivity (Wildman–Crippen MR) is 142 cm³/mol. The van der Waals surface area contributed by atoms with Crippen molar-refractivity contribution in [3.05, 3.63) is 42.2 Å². The average Bonchev–Trinajstić information content (AvgIpc) is 3.40. The van der Waals surface area contributed by atoms with Gasteiger partial charge in [-0.2, -0.15) is 0 Å². The first-order valence-corrected chi connectivity index (χ1v) is 14.6. The zero-order valence-corrected chi connectivity index (χ0v) is 23.0. The second-order valence-corrected chi connectivity index (χ2v) is 12.6. The third kappa shape index (κ3) is 5.11. The minimum absolute atomic E-state index is 0.0132. The molecule has 4 unspecified atom stereocenters. The summed E-state index contributed by atoms with van der Waals surface area (Å²) in [5.74, 6) is -4.15. The quantitative estimate of drug-likeness (QED) is 0.346. The molecule has 1 aromatic rings. The molecule has 0 radical (unpaired) electrons. The number of hydrogen-bond acceptors (Lipinski definition) is 7. The van der Waals surface area contributed by atoms with Gasteiger partial charge in [-0.1, -0.05) is 18.6 Å². The topological polar surface area (TPSA) is 182 Å². The van der Waals surface area contributed by atoms with Gasteiger partial charge >= 0.3 is 6.09 Å². The molecule has 1 aromatic carbocycles. The van der Waals surface area contributed by atoms with Crippen LogP contribution in [0.4, 0.5) is 14.9 Å². The number of anilines is 1. The highest BCUT2D eigenvalue weighted by atomic mass is 32.2. The van der Waals surface area contributed by atoms with Crippen LogP contribution in [-0.4, -0.2) is 67.2 Å². The van der Waals surface area contributed by atoms with E-state index in [4.69, 9.17) is 16.2 Å². The van der Waals surface area contributed by atoms with Crippen LogP contribution in [0.25, 0.3) is 0 Å². The van der Waals surface area contributed by atoms with Crippen molar-refractivity contribution >= 4 is 39.5 Å². The maximum atomic E-state index is 14.0. The molecule has 0 spiro atoms. The van der Waals surface area contributed by atoms with Crippen LogP contribution in [0.2, 0.25) is 0 Å². The first-order valence-electron chi connectivity index (χ1n) is 13.2. The van der Waals surface area contributed by atoms with E-state index in [1.165, 1.54) is 19.2 Å². The Kier molecular flexibility index (Phi) is 8.11. The average molecular weight is 580 g/mol. The van der Waals surface area contributed by atoms with Gasteiger partial charge < -0.3 is 26.4 Å². The molecule has 1 saturated heterocycles. The Hall–Kier alpha value is -3.68. The molecule has 218 valence electrons. The number of nitrogens with zero attached hydrogens (tertiary/aromatic N) is 2. The third-order valence-electron chi connectivity index (χ3n) is 7.97. The van der Waals surface area contributed by atoms with Crippen LogP contribution in [0.5, 0.6) is 0 Å². The van der Waals surface area contributed by atoms with Crippen molar-refractivity contribution in [1.29, 1.82) is 0 Å². The Morgan fingerprint density at radius 1 is 1.12 bits per heavy atom. The van der Waals surface area contributed by atoms with Crippen molar-refractivity contribution in [3.63, 3.8) is 0 Å². The molecule has 14 heteroatoms. The van der Waals surface area contributed by atoms with Gasteiger partial charge in [0.05, 0.1) is 5.69 Å². The van der Waals surface area contributed by atoms with E-state index in [0.29, 0.717) is 19.3 Å². The Labute approximate surface area is 231 Å². The van der Waals surface area contributed by atoms with Gasteiger partial charge in [-0.05, 0) is 69.2 Å². The monoisotopic (exact) mass is 579 g/mol. The first kappa shape index (κ1) is 29.3. The number of nitrogens with one attached hydrogen (secondary N) is 1. The summed E-state index contributed by atoms with van der Waals surface area (Å²) in [5, 5.41) is 2.59. The number of allylic oxidation sites excluding steroid dienone is 1. The van der Waals surface area contributed by atoms with Gasteiger partial charge in [0.2, 0.25) is 5.54 Å². The Balaban J connectivity index is 1.76. The lowest BCUT2D eigenvalue weighted by Crippen LogP contribution is -2.68. The smallest absolute Gasteiger partial charge is 0.405 e. The highest BCUT2D eigenvalue weighted by Crippen LogP contribution is 2.51. The van der Waals surface area contributed by atoms with Gasteiger partial charge in [0.1, 0.15) is 5.82 Å². The predicted octanol–water partition coefficient (Wildman–Crippen LogP) is 1.25. The molecule has 4 amide bonds. The van der Waals surface area contributed by atoms with Gasteiger partial charge in [0.25, 0.3) is 27.7 Å². The number of carbonyl (C=O) groups excluding carboxylic acids is 4. The molecule has 1 aliphatic carbocycles. The molecular formula is C26H34FN5O7S. The minimum atomic E-state index is -4.33. The van der Waals surface area contributed by atoms with E-state index in [-0.39, 0.29) is 37.9 Å². The SMILES string of the molecule is CN(c1ccc(F)cc1)S(=O)(=O)C12CC1C=CCCCCCC(OC(N)=O)C(=O)N1CCCC1(C(N)=O)C(=O)N2. The normalized spacial score (nSPS) is 29.3. The Morgan fingerprint density at radius 2 is 1.82 bits per heavy atom. The van der Waals surface area contributed by atoms with Crippen LogP contribution >= 0.6 is 0 Å². The van der Waals surface area contributed by atoms with Crippen LogP contribution < -0.4 is 21.1 Å². The van der Waals surface area contributed by atoms with Crippen LogP contribution in [-0.2, 0) is 29.1 Å². The molecule has 1 saturated carbocycles. The van der Waals surface area contributed by atoms with E-state index in [0.717, 1.165) is 27.8 Å². The number of rotatable bonds is 5. The fourth-order valence-electron chi connectivity index (χ4n) is 5.62. The van der Waals surface area contributed by atoms with Gasteiger partial charge in [-0.15, -0.1) is 0 Å². The largest absolute Gasteiger partial charge is 0.436 e. The number of primary amides is 2. The van der Waals surface area contributed by atoms with Crippen molar-refractivity contribution in [2.75, 3.05) is 17.9 Å². The molecular weight excluding hydrogens is 545 g/mol. The van der Waals surface area contributed by atoms with E-state index >= 15 is 0 Å². The fourth-order valence-corrected chi connectivity index (χ4v) is 7.58. The lowest BCUT2D eigenvalue weighted by molar-refractivity contribution is -0.157. The summed E-state index contributed by atoms with van der Waals surface area (Å²) in [6, 6.07) is 4.83. The summed E-state index contributed by atoms with van der Waals surface area (Å²) in [5.41, 5.74) is 8.91. The third-order valence-corrected chi connectivity index (χ3v) is 10.4. The Morgan fingerprint density at radius 3 is 2.48 bits per heavy atom. The molecule has 3 aliphatic rings. The standard InChI is InChI=1S/C26H34FN5O7S/c1-31(19-12-10-18(27)11-13-19)40(37,38)26-16-17(26)8-5-3-2-4-6-9-20(39-24(29)36)21(33)32-15-7-14-25(32,22(28)34)23(35)30-26/h5,8,10-13,17,20H,2-4,6-7,9,14-16H2,1H3,(H2,28,34)(H2,29,36)(H,30,35). The van der Waals surface area contributed by atoms with Crippen LogP contribution in [0.1, 0.15) is 51.4 Å². The summed E-state index contributed by atoms with van der Waals surface area (Å²) in [7, 11) is -3.04. The minimum Gasteiger partial charge on any atom is -0.436 e. The first-order chi connectivity index (χ1) is 18.9. The zero-order valence-electron chi connectivity index (χ0n) is 22.2. The molecule has 4 rings (SSSR count). The summed E-state index contributed by atoms with van der Waals surface area (Å²) in [6.07, 6.45) is 3.78. The van der Waals surface area contributed by atoms with Crippen molar-refractivity contribution < 1.29 is 36.7 Å². The number of carbonyl (C=O) groups is 4. The highest BCUT2D eigenvalue weighted by Gasteiger charge is 2.68.